The summed E-state index contributed by atoms with van der Waals surface area (Å²) in [4.78, 5) is 1.30. The lowest BCUT2D eigenvalue weighted by atomic mass is 10.1. The number of hydrogen-bond donors (Lipinski definition) is 0. The molecule has 82 valence electrons. The van der Waals surface area contributed by atoms with Crippen LogP contribution in [0.2, 0.25) is 5.02 Å². The van der Waals surface area contributed by atoms with Gasteiger partial charge < -0.3 is 4.74 Å². The van der Waals surface area contributed by atoms with Gasteiger partial charge in [-0.25, -0.2) is 0 Å². The molecule has 0 N–H and O–H groups in total. The van der Waals surface area contributed by atoms with E-state index in [1.807, 2.05) is 23.9 Å². The maximum atomic E-state index is 6.22. The summed E-state index contributed by atoms with van der Waals surface area (Å²) in [6, 6.07) is 6.13. The highest BCUT2D eigenvalue weighted by atomic mass is 35.5. The second-order valence-electron chi connectivity index (χ2n) is 4.04. The molecule has 1 nitrogen and oxygen atoms in total. The molecule has 0 aliphatic carbocycles. The molecule has 2 rings (SSSR count). The zero-order valence-electron chi connectivity index (χ0n) is 9.00. The predicted molar refractivity (Wildman–Crippen MR) is 65.9 cm³/mol. The largest absolute Gasteiger partial charge is 0.373 e. The Labute approximate surface area is 100 Å². The molecule has 3 heteroatoms. The Morgan fingerprint density at radius 1 is 1.53 bits per heavy atom. The number of ether oxygens (including phenoxy) is 1. The molecule has 0 amide bonds. The normalized spacial score (nSPS) is 19.6. The van der Waals surface area contributed by atoms with Gasteiger partial charge in [0.25, 0.3) is 0 Å². The van der Waals surface area contributed by atoms with Crippen LogP contribution < -0.4 is 0 Å². The summed E-state index contributed by atoms with van der Waals surface area (Å²) in [5.41, 5.74) is 1.25. The fourth-order valence-corrected chi connectivity index (χ4v) is 2.82. The second-order valence-corrected chi connectivity index (χ2v) is 6.07. The number of epoxide rings is 1. The molecule has 1 aliphatic heterocycles. The molecule has 1 saturated heterocycles. The molecule has 1 aromatic rings. The molecular formula is C12H15ClOS. The minimum Gasteiger partial charge on any atom is -0.373 e. The molecule has 1 aromatic carbocycles. The summed E-state index contributed by atoms with van der Waals surface area (Å²) in [6.07, 6.45) is 1.35. The SMILES string of the molecule is CC(C)Sc1cccc(Cl)c1CC1CO1. The Bertz CT molecular complexity index is 347. The smallest absolute Gasteiger partial charge is 0.0851 e. The third-order valence-corrected chi connectivity index (χ3v) is 3.73. The highest BCUT2D eigenvalue weighted by Crippen LogP contribution is 2.33. The van der Waals surface area contributed by atoms with Crippen LogP contribution in [0.15, 0.2) is 23.1 Å². The van der Waals surface area contributed by atoms with Gasteiger partial charge in [-0.05, 0) is 17.7 Å². The zero-order valence-corrected chi connectivity index (χ0v) is 10.6. The van der Waals surface area contributed by atoms with E-state index in [9.17, 15) is 0 Å². The third-order valence-electron chi connectivity index (χ3n) is 2.27. The Balaban J connectivity index is 2.21. The number of benzene rings is 1. The van der Waals surface area contributed by atoms with E-state index >= 15 is 0 Å². The molecule has 1 atom stereocenters. The van der Waals surface area contributed by atoms with Gasteiger partial charge in [0, 0.05) is 21.6 Å². The van der Waals surface area contributed by atoms with Crippen LogP contribution in [-0.4, -0.2) is 18.0 Å². The lowest BCUT2D eigenvalue weighted by Gasteiger charge is -2.11. The van der Waals surface area contributed by atoms with Crippen LogP contribution in [0.1, 0.15) is 19.4 Å². The number of hydrogen-bond acceptors (Lipinski definition) is 2. The second kappa shape index (κ2) is 4.77. The summed E-state index contributed by atoms with van der Waals surface area (Å²) in [5, 5.41) is 1.46. The van der Waals surface area contributed by atoms with E-state index in [2.05, 4.69) is 19.9 Å². The van der Waals surface area contributed by atoms with Crippen molar-refractivity contribution in [2.45, 2.75) is 36.5 Å². The Morgan fingerprint density at radius 2 is 2.27 bits per heavy atom. The molecule has 15 heavy (non-hydrogen) atoms. The lowest BCUT2D eigenvalue weighted by molar-refractivity contribution is 0.407. The number of rotatable bonds is 4. The van der Waals surface area contributed by atoms with E-state index in [0.717, 1.165) is 18.1 Å². The van der Waals surface area contributed by atoms with Crippen molar-refractivity contribution in [3.8, 4) is 0 Å². The van der Waals surface area contributed by atoms with Crippen molar-refractivity contribution >= 4 is 23.4 Å². The standard InChI is InChI=1S/C12H15ClOS/c1-8(2)15-12-5-3-4-11(13)10(12)6-9-7-14-9/h3-5,8-9H,6-7H2,1-2H3. The van der Waals surface area contributed by atoms with Crippen molar-refractivity contribution in [1.29, 1.82) is 0 Å². The molecule has 1 fully saturated rings. The molecule has 0 bridgehead atoms. The first kappa shape index (κ1) is 11.3. The number of halogens is 1. The van der Waals surface area contributed by atoms with Gasteiger partial charge in [0.05, 0.1) is 12.7 Å². The molecule has 0 saturated carbocycles. The monoisotopic (exact) mass is 242 g/mol. The summed E-state index contributed by atoms with van der Waals surface area (Å²) in [6.45, 7) is 5.28. The maximum absolute atomic E-state index is 6.22. The molecule has 0 radical (unpaired) electrons. The van der Waals surface area contributed by atoms with Gasteiger partial charge in [0.1, 0.15) is 0 Å². The Kier molecular flexibility index (Phi) is 3.60. The van der Waals surface area contributed by atoms with Crippen molar-refractivity contribution < 1.29 is 4.74 Å². The average molecular weight is 243 g/mol. The van der Waals surface area contributed by atoms with Crippen molar-refractivity contribution in [1.82, 2.24) is 0 Å². The van der Waals surface area contributed by atoms with Crippen molar-refractivity contribution in [3.63, 3.8) is 0 Å². The van der Waals surface area contributed by atoms with Crippen LogP contribution >= 0.6 is 23.4 Å². The number of thioether (sulfide) groups is 1. The Hall–Kier alpha value is -0.180. The van der Waals surface area contributed by atoms with Gasteiger partial charge in [-0.1, -0.05) is 31.5 Å². The molecular weight excluding hydrogens is 228 g/mol. The van der Waals surface area contributed by atoms with E-state index < -0.39 is 0 Å². The van der Waals surface area contributed by atoms with Gasteiger partial charge in [0.2, 0.25) is 0 Å². The van der Waals surface area contributed by atoms with Gasteiger partial charge in [-0.2, -0.15) is 0 Å². The van der Waals surface area contributed by atoms with Crippen LogP contribution in [0.25, 0.3) is 0 Å². The van der Waals surface area contributed by atoms with E-state index in [-0.39, 0.29) is 0 Å². The lowest BCUT2D eigenvalue weighted by Crippen LogP contribution is -1.98. The minimum atomic E-state index is 0.399. The molecule has 1 aliphatic rings. The summed E-state index contributed by atoms with van der Waals surface area (Å²) < 4.78 is 5.26. The van der Waals surface area contributed by atoms with Crippen molar-refractivity contribution in [3.05, 3.63) is 28.8 Å². The van der Waals surface area contributed by atoms with Crippen molar-refractivity contribution in [2.24, 2.45) is 0 Å². The average Bonchev–Trinajstić information content (AvgIpc) is 2.94. The van der Waals surface area contributed by atoms with E-state index in [1.165, 1.54) is 10.5 Å². The third kappa shape index (κ3) is 3.13. The van der Waals surface area contributed by atoms with Gasteiger partial charge in [-0.15, -0.1) is 11.8 Å². The quantitative estimate of drug-likeness (QED) is 0.589. The summed E-state index contributed by atoms with van der Waals surface area (Å²) >= 11 is 8.08. The first-order chi connectivity index (χ1) is 7.16. The van der Waals surface area contributed by atoms with Gasteiger partial charge in [0.15, 0.2) is 0 Å². The fraction of sp³-hybridized carbons (Fsp3) is 0.500. The van der Waals surface area contributed by atoms with Crippen LogP contribution in [0, 0.1) is 0 Å². The highest BCUT2D eigenvalue weighted by molar-refractivity contribution is 8.00. The fourth-order valence-electron chi connectivity index (χ4n) is 1.51. The van der Waals surface area contributed by atoms with Crippen LogP contribution in [0.5, 0.6) is 0 Å². The van der Waals surface area contributed by atoms with Crippen molar-refractivity contribution in [2.75, 3.05) is 6.61 Å². The molecule has 0 aromatic heterocycles. The summed E-state index contributed by atoms with van der Waals surface area (Å²) in [7, 11) is 0. The Morgan fingerprint density at radius 3 is 2.87 bits per heavy atom. The first-order valence-electron chi connectivity index (χ1n) is 5.22. The van der Waals surface area contributed by atoms with Crippen LogP contribution in [-0.2, 0) is 11.2 Å². The van der Waals surface area contributed by atoms with E-state index in [1.54, 1.807) is 0 Å². The molecule has 1 unspecified atom stereocenters. The molecule has 1 heterocycles. The predicted octanol–water partition coefficient (Wildman–Crippen LogP) is 3.78. The van der Waals surface area contributed by atoms with Gasteiger partial charge in [-0.3, -0.25) is 0 Å². The topological polar surface area (TPSA) is 12.5 Å². The first-order valence-corrected chi connectivity index (χ1v) is 6.48. The summed E-state index contributed by atoms with van der Waals surface area (Å²) in [5.74, 6) is 0. The van der Waals surface area contributed by atoms with Crippen LogP contribution in [0.4, 0.5) is 0 Å². The zero-order chi connectivity index (χ0) is 10.8. The van der Waals surface area contributed by atoms with E-state index in [0.29, 0.717) is 11.4 Å². The highest BCUT2D eigenvalue weighted by Gasteiger charge is 2.25. The van der Waals surface area contributed by atoms with Crippen LogP contribution in [0.3, 0.4) is 0 Å². The van der Waals surface area contributed by atoms with Gasteiger partial charge >= 0.3 is 0 Å². The maximum Gasteiger partial charge on any atom is 0.0851 e. The van der Waals surface area contributed by atoms with E-state index in [4.69, 9.17) is 16.3 Å². The minimum absolute atomic E-state index is 0.399. The molecule has 0 spiro atoms.